The van der Waals surface area contributed by atoms with Gasteiger partial charge in [0.1, 0.15) is 5.82 Å². The molecule has 0 spiro atoms. The Balaban J connectivity index is 2.32. The minimum Gasteiger partial charge on any atom is -0.481 e. The van der Waals surface area contributed by atoms with Gasteiger partial charge in [-0.15, -0.1) is 0 Å². The Morgan fingerprint density at radius 3 is 2.70 bits per heavy atom. The third-order valence-electron chi connectivity index (χ3n) is 3.75. The lowest BCUT2D eigenvalue weighted by Gasteiger charge is -2.20. The van der Waals surface area contributed by atoms with E-state index in [0.717, 1.165) is 29.7 Å². The largest absolute Gasteiger partial charge is 0.481 e. The van der Waals surface area contributed by atoms with Crippen LogP contribution in [0.3, 0.4) is 0 Å². The second kappa shape index (κ2) is 5.65. The first-order valence-electron chi connectivity index (χ1n) is 7.13. The molecular weight excluding hydrogens is 252 g/mol. The molecule has 0 radical (unpaired) electrons. The average molecular weight is 274 g/mol. The zero-order valence-electron chi connectivity index (χ0n) is 12.4. The number of benzene rings is 1. The molecule has 1 aromatic carbocycles. The van der Waals surface area contributed by atoms with Gasteiger partial charge in [0.05, 0.1) is 16.4 Å². The molecule has 0 aliphatic rings. The summed E-state index contributed by atoms with van der Waals surface area (Å²) in [6.07, 6.45) is 2.55. The van der Waals surface area contributed by atoms with E-state index in [1.165, 1.54) is 0 Å². The van der Waals surface area contributed by atoms with Gasteiger partial charge in [-0.25, -0.2) is 4.98 Å². The normalized spacial score (nSPS) is 11.9. The number of rotatable bonds is 6. The molecule has 0 saturated heterocycles. The summed E-state index contributed by atoms with van der Waals surface area (Å²) in [6.45, 7) is 6.36. The fourth-order valence-corrected chi connectivity index (χ4v) is 2.29. The van der Waals surface area contributed by atoms with E-state index in [-0.39, 0.29) is 0 Å². The topological polar surface area (TPSA) is 55.1 Å². The van der Waals surface area contributed by atoms with Crippen LogP contribution in [0.5, 0.6) is 0 Å². The van der Waals surface area contributed by atoms with Crippen LogP contribution in [0, 0.1) is 5.41 Å². The number of aliphatic carboxylic acids is 1. The lowest BCUT2D eigenvalue weighted by atomic mass is 9.89. The molecule has 4 nitrogen and oxygen atoms in total. The minimum absolute atomic E-state index is 0.597. The van der Waals surface area contributed by atoms with Crippen molar-refractivity contribution in [3.8, 4) is 0 Å². The Bertz CT molecular complexity index is 614. The van der Waals surface area contributed by atoms with Crippen LogP contribution in [-0.2, 0) is 17.8 Å². The Kier molecular flexibility index (Phi) is 4.12. The van der Waals surface area contributed by atoms with Crippen LogP contribution in [-0.4, -0.2) is 20.6 Å². The molecule has 0 aliphatic heterocycles. The van der Waals surface area contributed by atoms with E-state index in [0.29, 0.717) is 13.0 Å². The maximum Gasteiger partial charge on any atom is 0.309 e. The lowest BCUT2D eigenvalue weighted by Crippen LogP contribution is -2.25. The Morgan fingerprint density at radius 2 is 2.05 bits per heavy atom. The second-order valence-corrected chi connectivity index (χ2v) is 5.86. The predicted molar refractivity (Wildman–Crippen MR) is 79.8 cm³/mol. The van der Waals surface area contributed by atoms with E-state index < -0.39 is 11.4 Å². The lowest BCUT2D eigenvalue weighted by molar-refractivity contribution is -0.147. The van der Waals surface area contributed by atoms with Gasteiger partial charge in [0, 0.05) is 13.0 Å². The van der Waals surface area contributed by atoms with Gasteiger partial charge >= 0.3 is 5.97 Å². The van der Waals surface area contributed by atoms with E-state index in [4.69, 9.17) is 0 Å². The molecule has 0 unspecified atom stereocenters. The summed E-state index contributed by atoms with van der Waals surface area (Å²) in [5.41, 5.74) is 1.37. The van der Waals surface area contributed by atoms with Crippen molar-refractivity contribution in [2.45, 2.75) is 46.6 Å². The molecule has 4 heteroatoms. The van der Waals surface area contributed by atoms with E-state index in [2.05, 4.69) is 22.5 Å². The summed E-state index contributed by atoms with van der Waals surface area (Å²) in [5, 5.41) is 9.23. The number of aryl methyl sites for hydroxylation is 2. The van der Waals surface area contributed by atoms with Crippen molar-refractivity contribution in [2.24, 2.45) is 5.41 Å². The number of carboxylic acid groups (broad SMARTS) is 1. The smallest absolute Gasteiger partial charge is 0.309 e. The first-order chi connectivity index (χ1) is 9.45. The van der Waals surface area contributed by atoms with E-state index in [1.807, 2.05) is 18.2 Å². The molecular formula is C16H22N2O2. The van der Waals surface area contributed by atoms with E-state index in [1.54, 1.807) is 13.8 Å². The molecule has 1 heterocycles. The molecule has 1 N–H and O–H groups in total. The highest BCUT2D eigenvalue weighted by Gasteiger charge is 2.27. The van der Waals surface area contributed by atoms with Gasteiger partial charge in [-0.3, -0.25) is 4.79 Å². The van der Waals surface area contributed by atoms with Gasteiger partial charge in [0.25, 0.3) is 0 Å². The number of nitrogens with zero attached hydrogens (tertiary/aromatic N) is 2. The Labute approximate surface area is 119 Å². The molecule has 2 rings (SSSR count). The van der Waals surface area contributed by atoms with Crippen LogP contribution in [0.2, 0.25) is 0 Å². The van der Waals surface area contributed by atoms with Crippen molar-refractivity contribution in [3.63, 3.8) is 0 Å². The van der Waals surface area contributed by atoms with Crippen LogP contribution in [0.15, 0.2) is 24.3 Å². The number of carboxylic acids is 1. The van der Waals surface area contributed by atoms with Gasteiger partial charge < -0.3 is 9.67 Å². The average Bonchev–Trinajstić information content (AvgIpc) is 2.74. The highest BCUT2D eigenvalue weighted by molar-refractivity contribution is 5.76. The predicted octanol–water partition coefficient (Wildman–Crippen LogP) is 3.49. The fraction of sp³-hybridized carbons (Fsp3) is 0.500. The number of aromatic nitrogens is 2. The number of carbonyl (C=O) groups is 1. The third kappa shape index (κ3) is 2.84. The molecule has 2 aromatic rings. The highest BCUT2D eigenvalue weighted by Crippen LogP contribution is 2.24. The maximum absolute atomic E-state index is 11.2. The number of para-hydroxylation sites is 2. The van der Waals surface area contributed by atoms with E-state index in [9.17, 15) is 9.90 Å². The standard InChI is InChI=1S/C16H22N2O2/c1-4-7-14-17-12-8-5-6-9-13(12)18(14)11-10-16(2,3)15(19)20/h5-6,8-9H,4,7,10-11H2,1-3H3,(H,19,20). The van der Waals surface area contributed by atoms with Crippen LogP contribution in [0.4, 0.5) is 0 Å². The summed E-state index contributed by atoms with van der Waals surface area (Å²) in [6, 6.07) is 8.04. The van der Waals surface area contributed by atoms with Crippen molar-refractivity contribution >= 4 is 17.0 Å². The Hall–Kier alpha value is -1.84. The molecule has 0 aliphatic carbocycles. The summed E-state index contributed by atoms with van der Waals surface area (Å²) in [4.78, 5) is 15.9. The van der Waals surface area contributed by atoms with Gasteiger partial charge in [0.2, 0.25) is 0 Å². The van der Waals surface area contributed by atoms with Gasteiger partial charge in [-0.05, 0) is 38.8 Å². The quantitative estimate of drug-likeness (QED) is 0.877. The number of hydrogen-bond donors (Lipinski definition) is 1. The second-order valence-electron chi connectivity index (χ2n) is 5.86. The summed E-state index contributed by atoms with van der Waals surface area (Å²) < 4.78 is 2.17. The molecule has 0 saturated carbocycles. The van der Waals surface area contributed by atoms with Crippen molar-refractivity contribution < 1.29 is 9.90 Å². The minimum atomic E-state index is -0.751. The first kappa shape index (κ1) is 14.6. The molecule has 0 amide bonds. The molecule has 108 valence electrons. The van der Waals surface area contributed by atoms with Crippen molar-refractivity contribution in [2.75, 3.05) is 0 Å². The first-order valence-corrected chi connectivity index (χ1v) is 7.13. The number of fused-ring (bicyclic) bond motifs is 1. The number of hydrogen-bond acceptors (Lipinski definition) is 2. The monoisotopic (exact) mass is 274 g/mol. The highest BCUT2D eigenvalue weighted by atomic mass is 16.4. The van der Waals surface area contributed by atoms with Crippen LogP contribution in [0.1, 0.15) is 39.4 Å². The zero-order valence-corrected chi connectivity index (χ0v) is 12.4. The molecule has 0 atom stereocenters. The van der Waals surface area contributed by atoms with Crippen LogP contribution < -0.4 is 0 Å². The van der Waals surface area contributed by atoms with Gasteiger partial charge in [-0.1, -0.05) is 19.1 Å². The summed E-state index contributed by atoms with van der Waals surface area (Å²) >= 11 is 0. The molecule has 20 heavy (non-hydrogen) atoms. The fourth-order valence-electron chi connectivity index (χ4n) is 2.29. The summed E-state index contributed by atoms with van der Waals surface area (Å²) in [7, 11) is 0. The van der Waals surface area contributed by atoms with Gasteiger partial charge in [-0.2, -0.15) is 0 Å². The van der Waals surface area contributed by atoms with Gasteiger partial charge in [0.15, 0.2) is 0 Å². The van der Waals surface area contributed by atoms with Crippen LogP contribution >= 0.6 is 0 Å². The molecule has 0 bridgehead atoms. The van der Waals surface area contributed by atoms with Crippen molar-refractivity contribution in [1.82, 2.24) is 9.55 Å². The van der Waals surface area contributed by atoms with Crippen molar-refractivity contribution in [1.29, 1.82) is 0 Å². The zero-order chi connectivity index (χ0) is 14.8. The molecule has 1 aromatic heterocycles. The number of imidazole rings is 1. The van der Waals surface area contributed by atoms with Crippen LogP contribution in [0.25, 0.3) is 11.0 Å². The van der Waals surface area contributed by atoms with E-state index >= 15 is 0 Å². The van der Waals surface area contributed by atoms with Crippen molar-refractivity contribution in [3.05, 3.63) is 30.1 Å². The maximum atomic E-state index is 11.2. The Morgan fingerprint density at radius 1 is 1.35 bits per heavy atom. The SMILES string of the molecule is CCCc1nc2ccccc2n1CCC(C)(C)C(=O)O. The third-order valence-corrected chi connectivity index (χ3v) is 3.75. The summed E-state index contributed by atoms with van der Waals surface area (Å²) in [5.74, 6) is 0.300. The molecule has 0 fully saturated rings.